The number of hydrogen-bond acceptors (Lipinski definition) is 3. The van der Waals surface area contributed by atoms with E-state index >= 15 is 0 Å². The standard InChI is InChI=1S/C18H22N2O2/c1-14(16-8-4-5-9-17(16)22-3)20(2)18(21)11-10-15-7-6-12-19-13-15/h4-9,12-14H,10-11H2,1-3H3. The highest BCUT2D eigenvalue weighted by atomic mass is 16.5. The van der Waals surface area contributed by atoms with Crippen LogP contribution in [0.5, 0.6) is 5.75 Å². The second-order valence-electron chi connectivity index (χ2n) is 5.28. The van der Waals surface area contributed by atoms with E-state index < -0.39 is 0 Å². The first-order valence-corrected chi connectivity index (χ1v) is 7.41. The van der Waals surface area contributed by atoms with Crippen LogP contribution in [0.1, 0.15) is 30.5 Å². The van der Waals surface area contributed by atoms with Crippen LogP contribution >= 0.6 is 0 Å². The van der Waals surface area contributed by atoms with Crippen molar-refractivity contribution in [3.8, 4) is 5.75 Å². The molecule has 0 radical (unpaired) electrons. The fourth-order valence-electron chi connectivity index (χ4n) is 2.41. The van der Waals surface area contributed by atoms with Gasteiger partial charge in [0.2, 0.25) is 5.91 Å². The van der Waals surface area contributed by atoms with Gasteiger partial charge in [-0.15, -0.1) is 0 Å². The Balaban J connectivity index is 2.00. The normalized spacial score (nSPS) is 11.8. The van der Waals surface area contributed by atoms with Crippen molar-refractivity contribution in [2.24, 2.45) is 0 Å². The maximum absolute atomic E-state index is 12.4. The van der Waals surface area contributed by atoms with E-state index in [0.717, 1.165) is 16.9 Å². The summed E-state index contributed by atoms with van der Waals surface area (Å²) in [4.78, 5) is 18.2. The number of carbonyl (C=O) groups is 1. The lowest BCUT2D eigenvalue weighted by molar-refractivity contribution is -0.131. The van der Waals surface area contributed by atoms with Gasteiger partial charge in [0.05, 0.1) is 13.2 Å². The molecular formula is C18H22N2O2. The van der Waals surface area contributed by atoms with Crippen LogP contribution in [0.25, 0.3) is 0 Å². The van der Waals surface area contributed by atoms with Gasteiger partial charge in [0.1, 0.15) is 5.75 Å². The van der Waals surface area contributed by atoms with Crippen molar-refractivity contribution < 1.29 is 9.53 Å². The minimum absolute atomic E-state index is 0.0300. The second kappa shape index (κ2) is 7.59. The molecule has 1 aromatic heterocycles. The summed E-state index contributed by atoms with van der Waals surface area (Å²) in [5.74, 6) is 0.921. The number of methoxy groups -OCH3 is 1. The Morgan fingerprint density at radius 3 is 2.73 bits per heavy atom. The number of aromatic nitrogens is 1. The number of para-hydroxylation sites is 1. The maximum Gasteiger partial charge on any atom is 0.223 e. The Kier molecular flexibility index (Phi) is 5.53. The lowest BCUT2D eigenvalue weighted by Gasteiger charge is -2.26. The van der Waals surface area contributed by atoms with E-state index in [1.165, 1.54) is 0 Å². The summed E-state index contributed by atoms with van der Waals surface area (Å²) in [5.41, 5.74) is 2.09. The molecule has 0 aliphatic rings. The summed E-state index contributed by atoms with van der Waals surface area (Å²) in [6.45, 7) is 2.01. The fraction of sp³-hybridized carbons (Fsp3) is 0.333. The molecule has 0 fully saturated rings. The summed E-state index contributed by atoms with van der Waals surface area (Å²) in [6, 6.07) is 11.7. The molecule has 0 aliphatic carbocycles. The molecule has 0 saturated carbocycles. The van der Waals surface area contributed by atoms with E-state index in [1.807, 2.05) is 50.4 Å². The van der Waals surface area contributed by atoms with E-state index in [2.05, 4.69) is 4.98 Å². The SMILES string of the molecule is COc1ccccc1C(C)N(C)C(=O)CCc1cccnc1. The van der Waals surface area contributed by atoms with Crippen LogP contribution < -0.4 is 4.74 Å². The zero-order chi connectivity index (χ0) is 15.9. The minimum Gasteiger partial charge on any atom is -0.496 e. The van der Waals surface area contributed by atoms with Gasteiger partial charge in [-0.25, -0.2) is 0 Å². The summed E-state index contributed by atoms with van der Waals surface area (Å²) < 4.78 is 5.38. The van der Waals surface area contributed by atoms with Gasteiger partial charge in [-0.3, -0.25) is 9.78 Å². The van der Waals surface area contributed by atoms with Crippen LogP contribution in [0, 0.1) is 0 Å². The van der Waals surface area contributed by atoms with Crippen molar-refractivity contribution in [2.45, 2.75) is 25.8 Å². The molecule has 116 valence electrons. The number of pyridine rings is 1. The summed E-state index contributed by atoms with van der Waals surface area (Å²) in [7, 11) is 3.48. The Hall–Kier alpha value is -2.36. The number of amides is 1. The lowest BCUT2D eigenvalue weighted by atomic mass is 10.0. The van der Waals surface area contributed by atoms with Gasteiger partial charge in [-0.2, -0.15) is 0 Å². The Labute approximate surface area is 131 Å². The molecule has 1 unspecified atom stereocenters. The maximum atomic E-state index is 12.4. The van der Waals surface area contributed by atoms with Gasteiger partial charge in [0.25, 0.3) is 0 Å². The number of nitrogens with zero attached hydrogens (tertiary/aromatic N) is 2. The predicted molar refractivity (Wildman–Crippen MR) is 86.7 cm³/mol. The molecule has 1 heterocycles. The molecule has 0 bridgehead atoms. The number of carbonyl (C=O) groups excluding carboxylic acids is 1. The number of hydrogen-bond donors (Lipinski definition) is 0. The monoisotopic (exact) mass is 298 g/mol. The number of aryl methyl sites for hydroxylation is 1. The topological polar surface area (TPSA) is 42.4 Å². The Morgan fingerprint density at radius 2 is 2.05 bits per heavy atom. The van der Waals surface area contributed by atoms with E-state index in [0.29, 0.717) is 12.8 Å². The van der Waals surface area contributed by atoms with Gasteiger partial charge in [0.15, 0.2) is 0 Å². The molecule has 0 spiro atoms. The van der Waals surface area contributed by atoms with E-state index in [4.69, 9.17) is 4.74 Å². The molecule has 2 rings (SSSR count). The fourth-order valence-corrected chi connectivity index (χ4v) is 2.41. The van der Waals surface area contributed by atoms with Gasteiger partial charge < -0.3 is 9.64 Å². The van der Waals surface area contributed by atoms with Crippen LogP contribution in [0.4, 0.5) is 0 Å². The zero-order valence-corrected chi connectivity index (χ0v) is 13.3. The van der Waals surface area contributed by atoms with E-state index in [-0.39, 0.29) is 11.9 Å². The lowest BCUT2D eigenvalue weighted by Crippen LogP contribution is -2.30. The molecule has 1 aromatic carbocycles. The van der Waals surface area contributed by atoms with Crippen molar-refractivity contribution in [1.82, 2.24) is 9.88 Å². The smallest absolute Gasteiger partial charge is 0.223 e. The molecule has 1 amide bonds. The van der Waals surface area contributed by atoms with Gasteiger partial charge >= 0.3 is 0 Å². The molecule has 4 heteroatoms. The quantitative estimate of drug-likeness (QED) is 0.822. The van der Waals surface area contributed by atoms with Crippen LogP contribution in [0.2, 0.25) is 0 Å². The molecule has 0 N–H and O–H groups in total. The predicted octanol–water partition coefficient (Wildman–Crippen LogP) is 3.24. The first-order valence-electron chi connectivity index (χ1n) is 7.41. The number of benzene rings is 1. The highest BCUT2D eigenvalue weighted by Crippen LogP contribution is 2.28. The van der Waals surface area contributed by atoms with Crippen LogP contribution in [-0.2, 0) is 11.2 Å². The van der Waals surface area contributed by atoms with Crippen molar-refractivity contribution in [1.29, 1.82) is 0 Å². The molecule has 4 nitrogen and oxygen atoms in total. The van der Waals surface area contributed by atoms with Crippen LogP contribution in [-0.4, -0.2) is 29.9 Å². The van der Waals surface area contributed by atoms with Crippen LogP contribution in [0.3, 0.4) is 0 Å². The number of ether oxygens (including phenoxy) is 1. The highest BCUT2D eigenvalue weighted by molar-refractivity contribution is 5.76. The molecule has 0 saturated heterocycles. The Bertz CT molecular complexity index is 613. The van der Waals surface area contributed by atoms with E-state index in [1.54, 1.807) is 24.4 Å². The average molecular weight is 298 g/mol. The third-order valence-corrected chi connectivity index (χ3v) is 3.91. The van der Waals surface area contributed by atoms with Crippen molar-refractivity contribution in [3.05, 3.63) is 59.9 Å². The third kappa shape index (κ3) is 3.85. The first kappa shape index (κ1) is 16.0. The van der Waals surface area contributed by atoms with Crippen molar-refractivity contribution >= 4 is 5.91 Å². The van der Waals surface area contributed by atoms with Gasteiger partial charge in [-0.05, 0) is 31.0 Å². The molecule has 22 heavy (non-hydrogen) atoms. The van der Waals surface area contributed by atoms with Crippen molar-refractivity contribution in [2.75, 3.05) is 14.2 Å². The summed E-state index contributed by atoms with van der Waals surface area (Å²) in [5, 5.41) is 0. The van der Waals surface area contributed by atoms with Crippen LogP contribution in [0.15, 0.2) is 48.8 Å². The molecule has 1 atom stereocenters. The first-order chi connectivity index (χ1) is 10.6. The molecular weight excluding hydrogens is 276 g/mol. The second-order valence-corrected chi connectivity index (χ2v) is 5.28. The van der Waals surface area contributed by atoms with Gasteiger partial charge in [-0.1, -0.05) is 24.3 Å². The van der Waals surface area contributed by atoms with E-state index in [9.17, 15) is 4.79 Å². The summed E-state index contributed by atoms with van der Waals surface area (Å²) >= 11 is 0. The average Bonchev–Trinajstić information content (AvgIpc) is 2.59. The molecule has 0 aliphatic heterocycles. The van der Waals surface area contributed by atoms with Gasteiger partial charge in [0, 0.05) is 31.4 Å². The zero-order valence-electron chi connectivity index (χ0n) is 13.3. The third-order valence-electron chi connectivity index (χ3n) is 3.91. The van der Waals surface area contributed by atoms with Crippen molar-refractivity contribution in [3.63, 3.8) is 0 Å². The highest BCUT2D eigenvalue weighted by Gasteiger charge is 2.19. The largest absolute Gasteiger partial charge is 0.496 e. The molecule has 2 aromatic rings. The number of rotatable bonds is 6. The minimum atomic E-state index is -0.0300. The summed E-state index contributed by atoms with van der Waals surface area (Å²) in [6.07, 6.45) is 4.72. The Morgan fingerprint density at radius 1 is 1.27 bits per heavy atom.